The molecular formula is C11H14ClN3O2S. The summed E-state index contributed by atoms with van der Waals surface area (Å²) >= 11 is 5.92. The normalized spacial score (nSPS) is 12.4. The number of nitrogens with zero attached hydrogens (tertiary/aromatic N) is 2. The standard InChI is InChI=1S/C11H14ClN3O2S/c1-8(2)7-13-18(16,17)11-10(12)14-9-5-3-4-6-15(9)11/h3-6,8,13H,7H2,1-2H3. The van der Waals surface area contributed by atoms with Gasteiger partial charge in [0, 0.05) is 12.7 Å². The molecule has 0 radical (unpaired) electrons. The number of hydrogen-bond acceptors (Lipinski definition) is 3. The molecule has 0 amide bonds. The third-order valence-corrected chi connectivity index (χ3v) is 4.20. The number of hydrogen-bond donors (Lipinski definition) is 1. The first-order chi connectivity index (χ1) is 8.42. The summed E-state index contributed by atoms with van der Waals surface area (Å²) in [5.41, 5.74) is 0.507. The van der Waals surface area contributed by atoms with Crippen molar-refractivity contribution < 1.29 is 8.42 Å². The maximum atomic E-state index is 12.2. The summed E-state index contributed by atoms with van der Waals surface area (Å²) < 4.78 is 28.3. The Balaban J connectivity index is 2.50. The molecule has 7 heteroatoms. The first-order valence-electron chi connectivity index (χ1n) is 5.54. The number of fused-ring (bicyclic) bond motifs is 1. The van der Waals surface area contributed by atoms with Crippen molar-refractivity contribution in [1.29, 1.82) is 0 Å². The lowest BCUT2D eigenvalue weighted by Gasteiger charge is -2.08. The summed E-state index contributed by atoms with van der Waals surface area (Å²) in [5.74, 6) is 0.220. The van der Waals surface area contributed by atoms with Crippen LogP contribution in [-0.4, -0.2) is 24.3 Å². The first kappa shape index (κ1) is 13.3. The van der Waals surface area contributed by atoms with E-state index in [1.807, 2.05) is 13.8 Å². The smallest absolute Gasteiger partial charge is 0.259 e. The van der Waals surface area contributed by atoms with E-state index >= 15 is 0 Å². The van der Waals surface area contributed by atoms with Gasteiger partial charge in [0.2, 0.25) is 0 Å². The molecule has 0 spiro atoms. The molecule has 2 aromatic heterocycles. The Labute approximate surface area is 111 Å². The van der Waals surface area contributed by atoms with Crippen LogP contribution in [0.3, 0.4) is 0 Å². The van der Waals surface area contributed by atoms with Crippen LogP contribution in [0.2, 0.25) is 5.15 Å². The van der Waals surface area contributed by atoms with Gasteiger partial charge in [0.1, 0.15) is 5.65 Å². The molecule has 0 saturated heterocycles. The molecule has 0 saturated carbocycles. The van der Waals surface area contributed by atoms with Gasteiger partial charge in [-0.15, -0.1) is 0 Å². The second-order valence-electron chi connectivity index (χ2n) is 4.38. The van der Waals surface area contributed by atoms with Crippen molar-refractivity contribution in [3.05, 3.63) is 29.5 Å². The molecule has 0 aliphatic heterocycles. The maximum Gasteiger partial charge on any atom is 0.259 e. The van der Waals surface area contributed by atoms with E-state index in [-0.39, 0.29) is 16.1 Å². The van der Waals surface area contributed by atoms with Gasteiger partial charge in [-0.25, -0.2) is 18.1 Å². The van der Waals surface area contributed by atoms with Crippen molar-refractivity contribution in [2.24, 2.45) is 5.92 Å². The van der Waals surface area contributed by atoms with E-state index in [0.29, 0.717) is 12.2 Å². The van der Waals surface area contributed by atoms with Crippen molar-refractivity contribution in [2.75, 3.05) is 6.54 Å². The van der Waals surface area contributed by atoms with Gasteiger partial charge < -0.3 is 0 Å². The van der Waals surface area contributed by atoms with Crippen LogP contribution in [0.15, 0.2) is 29.4 Å². The highest BCUT2D eigenvalue weighted by Gasteiger charge is 2.23. The second kappa shape index (κ2) is 4.87. The molecule has 1 N–H and O–H groups in total. The Morgan fingerprint density at radius 2 is 2.17 bits per heavy atom. The molecule has 18 heavy (non-hydrogen) atoms. The maximum absolute atomic E-state index is 12.2. The van der Waals surface area contributed by atoms with Crippen LogP contribution >= 0.6 is 11.6 Å². The second-order valence-corrected chi connectivity index (χ2v) is 6.42. The molecule has 2 heterocycles. The molecular weight excluding hydrogens is 274 g/mol. The van der Waals surface area contributed by atoms with Crippen molar-refractivity contribution >= 4 is 27.3 Å². The fourth-order valence-electron chi connectivity index (χ4n) is 1.53. The van der Waals surface area contributed by atoms with Gasteiger partial charge >= 0.3 is 0 Å². The number of imidazole rings is 1. The topological polar surface area (TPSA) is 63.5 Å². The average Bonchev–Trinajstić information content (AvgIpc) is 2.63. The van der Waals surface area contributed by atoms with Crippen molar-refractivity contribution in [3.63, 3.8) is 0 Å². The Hall–Kier alpha value is -1.11. The van der Waals surface area contributed by atoms with E-state index in [0.717, 1.165) is 0 Å². The van der Waals surface area contributed by atoms with E-state index < -0.39 is 10.0 Å². The summed E-state index contributed by atoms with van der Waals surface area (Å²) in [7, 11) is -3.65. The van der Waals surface area contributed by atoms with Crippen LogP contribution in [0.5, 0.6) is 0 Å². The summed E-state index contributed by atoms with van der Waals surface area (Å²) in [6.07, 6.45) is 1.62. The lowest BCUT2D eigenvalue weighted by Crippen LogP contribution is -2.28. The fourth-order valence-corrected chi connectivity index (χ4v) is 3.38. The van der Waals surface area contributed by atoms with Crippen LogP contribution in [-0.2, 0) is 10.0 Å². The number of nitrogens with one attached hydrogen (secondary N) is 1. The predicted octanol–water partition coefficient (Wildman–Crippen LogP) is 1.92. The molecule has 0 fully saturated rings. The van der Waals surface area contributed by atoms with Crippen LogP contribution in [0.4, 0.5) is 0 Å². The average molecular weight is 288 g/mol. The summed E-state index contributed by atoms with van der Waals surface area (Å²) in [4.78, 5) is 4.02. The number of rotatable bonds is 4. The molecule has 0 atom stereocenters. The highest BCUT2D eigenvalue weighted by molar-refractivity contribution is 7.89. The van der Waals surface area contributed by atoms with Gasteiger partial charge in [-0.05, 0) is 18.1 Å². The molecule has 0 unspecified atom stereocenters. The third kappa shape index (κ3) is 2.50. The zero-order valence-electron chi connectivity index (χ0n) is 10.1. The molecule has 2 aromatic rings. The Kier molecular flexibility index (Phi) is 3.61. The molecule has 0 bridgehead atoms. The third-order valence-electron chi connectivity index (χ3n) is 2.38. The Morgan fingerprint density at radius 3 is 2.83 bits per heavy atom. The summed E-state index contributed by atoms with van der Waals surface area (Å²) in [5, 5.41) is -0.0297. The highest BCUT2D eigenvalue weighted by atomic mass is 35.5. The van der Waals surface area contributed by atoms with Crippen molar-refractivity contribution in [3.8, 4) is 0 Å². The van der Waals surface area contributed by atoms with Gasteiger partial charge in [-0.3, -0.25) is 4.40 Å². The fraction of sp³-hybridized carbons (Fsp3) is 0.364. The van der Waals surface area contributed by atoms with Gasteiger partial charge in [-0.1, -0.05) is 31.5 Å². The zero-order valence-corrected chi connectivity index (χ0v) is 11.7. The number of sulfonamides is 1. The molecule has 0 aromatic carbocycles. The molecule has 5 nitrogen and oxygen atoms in total. The molecule has 0 aliphatic rings. The Morgan fingerprint density at radius 1 is 1.44 bits per heavy atom. The molecule has 2 rings (SSSR count). The van der Waals surface area contributed by atoms with Crippen LogP contribution in [0, 0.1) is 5.92 Å². The van der Waals surface area contributed by atoms with E-state index in [9.17, 15) is 8.42 Å². The lowest BCUT2D eigenvalue weighted by molar-refractivity contribution is 0.556. The minimum Gasteiger partial charge on any atom is -0.288 e. The van der Waals surface area contributed by atoms with Crippen LogP contribution < -0.4 is 4.72 Å². The summed E-state index contributed by atoms with van der Waals surface area (Å²) in [6, 6.07) is 5.20. The van der Waals surface area contributed by atoms with E-state index in [4.69, 9.17) is 11.6 Å². The highest BCUT2D eigenvalue weighted by Crippen LogP contribution is 2.22. The number of aromatic nitrogens is 2. The molecule has 0 aliphatic carbocycles. The summed E-state index contributed by atoms with van der Waals surface area (Å²) in [6.45, 7) is 4.22. The SMILES string of the molecule is CC(C)CNS(=O)(=O)c1c(Cl)nc2ccccn12. The van der Waals surface area contributed by atoms with Gasteiger partial charge in [0.15, 0.2) is 10.2 Å². The predicted molar refractivity (Wildman–Crippen MR) is 70.2 cm³/mol. The number of halogens is 1. The van der Waals surface area contributed by atoms with Crippen LogP contribution in [0.25, 0.3) is 5.65 Å². The van der Waals surface area contributed by atoms with Crippen LogP contribution in [0.1, 0.15) is 13.8 Å². The van der Waals surface area contributed by atoms with E-state index in [1.165, 1.54) is 4.40 Å². The minimum absolute atomic E-state index is 0.0135. The molecule has 98 valence electrons. The Bertz CT molecular complexity index is 664. The monoisotopic (exact) mass is 287 g/mol. The van der Waals surface area contributed by atoms with Crippen molar-refractivity contribution in [1.82, 2.24) is 14.1 Å². The first-order valence-corrected chi connectivity index (χ1v) is 7.40. The van der Waals surface area contributed by atoms with E-state index in [1.54, 1.807) is 24.4 Å². The van der Waals surface area contributed by atoms with Gasteiger partial charge in [-0.2, -0.15) is 0 Å². The zero-order chi connectivity index (χ0) is 13.3. The van der Waals surface area contributed by atoms with Crippen molar-refractivity contribution in [2.45, 2.75) is 18.9 Å². The lowest BCUT2D eigenvalue weighted by atomic mass is 10.2. The van der Waals surface area contributed by atoms with Gasteiger partial charge in [0.05, 0.1) is 0 Å². The largest absolute Gasteiger partial charge is 0.288 e. The quantitative estimate of drug-likeness (QED) is 0.934. The van der Waals surface area contributed by atoms with E-state index in [2.05, 4.69) is 9.71 Å². The van der Waals surface area contributed by atoms with Gasteiger partial charge in [0.25, 0.3) is 10.0 Å². The number of pyridine rings is 1. The minimum atomic E-state index is -3.65.